The van der Waals surface area contributed by atoms with Crippen LogP contribution in [0.3, 0.4) is 0 Å². The summed E-state index contributed by atoms with van der Waals surface area (Å²) in [7, 11) is 0. The fraction of sp³-hybridized carbons (Fsp3) is 0.205. The molecule has 2 aromatic heterocycles. The summed E-state index contributed by atoms with van der Waals surface area (Å²) >= 11 is 0. The third-order valence-electron chi connectivity index (χ3n) is 16.6. The summed E-state index contributed by atoms with van der Waals surface area (Å²) in [6, 6.07) is 80.1. The molecule has 0 aliphatic heterocycles. The molecular weight excluding hydrogens is 997 g/mol. The molecule has 0 bridgehead atoms. The number of hydrogen-bond donors (Lipinski definition) is 0. The largest absolute Gasteiger partial charge is 0.456 e. The Hall–Kier alpha value is -8.86. The van der Waals surface area contributed by atoms with Crippen LogP contribution in [-0.4, -0.2) is 0 Å². The Morgan fingerprint density at radius 1 is 0.293 bits per heavy atom. The van der Waals surface area contributed by atoms with Crippen molar-refractivity contribution < 1.29 is 8.83 Å². The summed E-state index contributed by atoms with van der Waals surface area (Å²) in [5, 5.41) is 8.95. The first-order valence-electron chi connectivity index (χ1n) is 29.1. The number of hydrogen-bond acceptors (Lipinski definition) is 4. The Labute approximate surface area is 483 Å². The maximum atomic E-state index is 7.40. The second kappa shape index (κ2) is 19.4. The molecule has 0 atom stereocenters. The Balaban J connectivity index is 1.01. The smallest absolute Gasteiger partial charge is 0.140 e. The van der Waals surface area contributed by atoms with Gasteiger partial charge in [-0.25, -0.2) is 0 Å². The van der Waals surface area contributed by atoms with Gasteiger partial charge in [0.25, 0.3) is 0 Å². The molecule has 2 heterocycles. The van der Waals surface area contributed by atoms with Gasteiger partial charge in [-0.05, 0) is 150 Å². The number of benzene rings is 11. The predicted octanol–water partition coefficient (Wildman–Crippen LogP) is 23.3. The van der Waals surface area contributed by atoms with Gasteiger partial charge < -0.3 is 18.6 Å². The van der Waals surface area contributed by atoms with Gasteiger partial charge in [0, 0.05) is 66.5 Å². The number of nitrogens with zero attached hydrogens (tertiary/aromatic N) is 2. The Bertz CT molecular complexity index is 4280. The van der Waals surface area contributed by atoms with Crippen molar-refractivity contribution in [3.05, 3.63) is 241 Å². The molecule has 0 spiro atoms. The highest BCUT2D eigenvalue weighted by molar-refractivity contribution is 6.23. The fourth-order valence-electron chi connectivity index (χ4n) is 12.5. The molecule has 13 aromatic rings. The minimum absolute atomic E-state index is 0.0506. The van der Waals surface area contributed by atoms with E-state index in [-0.39, 0.29) is 21.7 Å². The zero-order valence-corrected chi connectivity index (χ0v) is 49.5. The van der Waals surface area contributed by atoms with Crippen LogP contribution in [0.4, 0.5) is 34.1 Å². The van der Waals surface area contributed by atoms with Crippen molar-refractivity contribution in [2.75, 3.05) is 9.80 Å². The third-order valence-corrected chi connectivity index (χ3v) is 16.6. The maximum absolute atomic E-state index is 7.40. The van der Waals surface area contributed by atoms with Gasteiger partial charge in [0.1, 0.15) is 22.3 Å². The molecule has 11 aromatic carbocycles. The summed E-state index contributed by atoms with van der Waals surface area (Å²) in [6.45, 7) is 27.6. The lowest BCUT2D eigenvalue weighted by Gasteiger charge is -2.30. The molecule has 0 fully saturated rings. The van der Waals surface area contributed by atoms with E-state index < -0.39 is 0 Å². The number of para-hydroxylation sites is 2. The average molecular weight is 1070 g/mol. The van der Waals surface area contributed by atoms with Gasteiger partial charge in [0.15, 0.2) is 0 Å². The van der Waals surface area contributed by atoms with Crippen LogP contribution in [0.5, 0.6) is 0 Å². The van der Waals surface area contributed by atoms with Gasteiger partial charge in [0.05, 0.1) is 11.4 Å². The molecule has 406 valence electrons. The van der Waals surface area contributed by atoms with E-state index in [1.807, 2.05) is 0 Å². The SMILES string of the molecule is CC(C)(C)c1ccc(-c2ccccc2)c(N(c2ccccc2)c2ccc3cc4c(cc3c2)oc2c(C(C)(C)C)c3c(oc5cc6cc(N(c7ccccc7)c7cc(C(C)(C)C)ccc7-c7ccccc7)ccc6cc53)c(C(C)(C)C)c24)c1. The lowest BCUT2D eigenvalue weighted by molar-refractivity contribution is 0.564. The number of rotatable bonds is 8. The van der Waals surface area contributed by atoms with Crippen LogP contribution in [0.1, 0.15) is 105 Å². The summed E-state index contributed by atoms with van der Waals surface area (Å²) in [4.78, 5) is 4.85. The average Bonchev–Trinajstić information content (AvgIpc) is 1.88. The maximum Gasteiger partial charge on any atom is 0.140 e. The first-order chi connectivity index (χ1) is 39.2. The quantitative estimate of drug-likeness (QED) is 0.152. The van der Waals surface area contributed by atoms with Gasteiger partial charge in [-0.15, -0.1) is 0 Å². The van der Waals surface area contributed by atoms with Gasteiger partial charge in [-0.2, -0.15) is 0 Å². The lowest BCUT2D eigenvalue weighted by atomic mass is 9.77. The van der Waals surface area contributed by atoms with E-state index in [4.69, 9.17) is 8.83 Å². The van der Waals surface area contributed by atoms with Crippen molar-refractivity contribution in [1.82, 2.24) is 0 Å². The number of furan rings is 2. The van der Waals surface area contributed by atoms with Crippen LogP contribution in [0.15, 0.2) is 227 Å². The summed E-state index contributed by atoms with van der Waals surface area (Å²) in [5.41, 5.74) is 19.0. The van der Waals surface area contributed by atoms with Gasteiger partial charge in [-0.1, -0.05) is 217 Å². The monoisotopic (exact) mass is 1070 g/mol. The number of fused-ring (bicyclic) bond motifs is 8. The molecule has 0 saturated heterocycles. The molecule has 0 aliphatic rings. The van der Waals surface area contributed by atoms with E-state index in [1.54, 1.807) is 0 Å². The molecular formula is C78H72N2O2. The van der Waals surface area contributed by atoms with Crippen LogP contribution in [-0.2, 0) is 21.7 Å². The zero-order chi connectivity index (χ0) is 57.0. The van der Waals surface area contributed by atoms with E-state index in [1.165, 1.54) is 33.4 Å². The lowest BCUT2D eigenvalue weighted by Crippen LogP contribution is -2.16. The minimum atomic E-state index is -0.314. The second-order valence-corrected chi connectivity index (χ2v) is 26.7. The molecule has 0 radical (unpaired) electrons. The molecule has 4 heteroatoms. The Kier molecular flexibility index (Phi) is 12.4. The molecule has 4 nitrogen and oxygen atoms in total. The number of anilines is 6. The van der Waals surface area contributed by atoms with Gasteiger partial charge >= 0.3 is 0 Å². The summed E-state index contributed by atoms with van der Waals surface area (Å²) in [5.74, 6) is 0. The van der Waals surface area contributed by atoms with Crippen molar-refractivity contribution in [1.29, 1.82) is 0 Å². The molecule has 13 rings (SSSR count). The van der Waals surface area contributed by atoms with E-state index >= 15 is 0 Å². The topological polar surface area (TPSA) is 32.8 Å². The molecule has 0 amide bonds. The van der Waals surface area contributed by atoms with Crippen molar-refractivity contribution in [3.63, 3.8) is 0 Å². The minimum Gasteiger partial charge on any atom is -0.456 e. The summed E-state index contributed by atoms with van der Waals surface area (Å²) < 4.78 is 14.8. The fourth-order valence-corrected chi connectivity index (χ4v) is 12.5. The van der Waals surface area contributed by atoms with Crippen LogP contribution in [0, 0.1) is 0 Å². The molecule has 82 heavy (non-hydrogen) atoms. The van der Waals surface area contributed by atoms with Crippen LogP contribution < -0.4 is 9.80 Å². The van der Waals surface area contributed by atoms with Crippen LogP contribution in [0.25, 0.3) is 87.7 Å². The van der Waals surface area contributed by atoms with E-state index in [9.17, 15) is 0 Å². The molecule has 0 aliphatic carbocycles. The van der Waals surface area contributed by atoms with Crippen molar-refractivity contribution >= 4 is 99.5 Å². The molecule has 0 N–H and O–H groups in total. The Morgan fingerprint density at radius 2 is 0.646 bits per heavy atom. The van der Waals surface area contributed by atoms with Gasteiger partial charge in [0.2, 0.25) is 0 Å². The van der Waals surface area contributed by atoms with Crippen LogP contribution >= 0.6 is 0 Å². The van der Waals surface area contributed by atoms with E-state index in [0.29, 0.717) is 0 Å². The van der Waals surface area contributed by atoms with Crippen molar-refractivity contribution in [3.8, 4) is 22.3 Å². The predicted molar refractivity (Wildman–Crippen MR) is 351 cm³/mol. The summed E-state index contributed by atoms with van der Waals surface area (Å²) in [6.07, 6.45) is 0. The standard InChI is InChI=1S/C78H72N2O2/c1-75(2,3)55-35-39-61(49-25-17-13-18-26-49)65(47-55)79(57-29-21-15-22-30-57)59-37-33-51-43-63-67(45-53(51)41-59)81-73-69(63)71(77(7,8)9)74-70(72(73)78(10,11)12)64-44-52-34-38-60(42-54(52)46-68(64)82-74)80(58-31-23-16-24-32-58)66-48-56(76(4,5)6)36-40-62(66)50-27-19-14-20-28-50/h13-48H,1-12H3. The second-order valence-electron chi connectivity index (χ2n) is 26.7. The first kappa shape index (κ1) is 52.5. The van der Waals surface area contributed by atoms with E-state index in [2.05, 4.69) is 311 Å². The van der Waals surface area contributed by atoms with E-state index in [0.717, 1.165) is 111 Å². The third kappa shape index (κ3) is 9.19. The highest BCUT2D eigenvalue weighted by Crippen LogP contribution is 2.53. The molecule has 0 unspecified atom stereocenters. The van der Waals surface area contributed by atoms with Crippen LogP contribution in [0.2, 0.25) is 0 Å². The van der Waals surface area contributed by atoms with Crippen molar-refractivity contribution in [2.45, 2.75) is 105 Å². The normalized spacial score (nSPS) is 12.6. The molecule has 0 saturated carbocycles. The van der Waals surface area contributed by atoms with Crippen molar-refractivity contribution in [2.24, 2.45) is 0 Å². The first-order valence-corrected chi connectivity index (χ1v) is 29.1. The Morgan fingerprint density at radius 3 is 0.988 bits per heavy atom. The highest BCUT2D eigenvalue weighted by Gasteiger charge is 2.35. The van der Waals surface area contributed by atoms with Gasteiger partial charge in [-0.3, -0.25) is 0 Å². The highest BCUT2D eigenvalue weighted by atomic mass is 16.3. The zero-order valence-electron chi connectivity index (χ0n) is 49.5.